The summed E-state index contributed by atoms with van der Waals surface area (Å²) >= 11 is 0. The maximum absolute atomic E-state index is 12.0. The number of esters is 1. The Hall–Kier alpha value is -1.92. The van der Waals surface area contributed by atoms with Crippen LogP contribution < -0.4 is 5.32 Å². The zero-order valence-electron chi connectivity index (χ0n) is 12.0. The second-order valence-corrected chi connectivity index (χ2v) is 5.04. The van der Waals surface area contributed by atoms with Gasteiger partial charge < -0.3 is 15.2 Å². The Balaban J connectivity index is 1.88. The minimum absolute atomic E-state index is 0.0532. The first-order chi connectivity index (χ1) is 10.1. The number of carbonyl (C=O) groups excluding carboxylic acids is 2. The summed E-state index contributed by atoms with van der Waals surface area (Å²) in [5, 5.41) is 11.8. The largest absolute Gasteiger partial charge is 0.465 e. The van der Waals surface area contributed by atoms with Gasteiger partial charge in [0.25, 0.3) is 0 Å². The van der Waals surface area contributed by atoms with Crippen LogP contribution in [0, 0.1) is 0 Å². The number of anilines is 1. The van der Waals surface area contributed by atoms with Crippen LogP contribution in [0.4, 0.5) is 5.69 Å². The summed E-state index contributed by atoms with van der Waals surface area (Å²) in [7, 11) is 1.33. The zero-order valence-corrected chi connectivity index (χ0v) is 12.0. The minimum Gasteiger partial charge on any atom is -0.465 e. The SMILES string of the molecule is COC(=O)c1ccc(NC(=O)CN(CCO)C2CC2)cc1. The van der Waals surface area contributed by atoms with Gasteiger partial charge in [-0.2, -0.15) is 0 Å². The third-order valence-corrected chi connectivity index (χ3v) is 3.39. The van der Waals surface area contributed by atoms with Gasteiger partial charge in [-0.3, -0.25) is 9.69 Å². The van der Waals surface area contributed by atoms with E-state index in [1.807, 2.05) is 4.90 Å². The van der Waals surface area contributed by atoms with Crippen LogP contribution in [0.2, 0.25) is 0 Å². The molecule has 21 heavy (non-hydrogen) atoms. The minimum atomic E-state index is -0.407. The summed E-state index contributed by atoms with van der Waals surface area (Å²) in [5.41, 5.74) is 1.07. The molecule has 1 aromatic rings. The molecule has 0 aliphatic heterocycles. The highest BCUT2D eigenvalue weighted by Crippen LogP contribution is 2.26. The quantitative estimate of drug-likeness (QED) is 0.729. The molecule has 1 aliphatic rings. The van der Waals surface area contributed by atoms with E-state index < -0.39 is 5.97 Å². The Morgan fingerprint density at radius 2 is 2.00 bits per heavy atom. The molecule has 114 valence electrons. The monoisotopic (exact) mass is 292 g/mol. The van der Waals surface area contributed by atoms with Gasteiger partial charge in [0.1, 0.15) is 0 Å². The highest BCUT2D eigenvalue weighted by molar-refractivity contribution is 5.94. The Morgan fingerprint density at radius 1 is 1.33 bits per heavy atom. The van der Waals surface area contributed by atoms with E-state index in [1.54, 1.807) is 24.3 Å². The van der Waals surface area contributed by atoms with Crippen molar-refractivity contribution < 1.29 is 19.4 Å². The van der Waals surface area contributed by atoms with Crippen molar-refractivity contribution in [2.24, 2.45) is 0 Å². The Kier molecular flexibility index (Phi) is 5.30. The van der Waals surface area contributed by atoms with E-state index in [1.165, 1.54) is 7.11 Å². The Labute approximate surface area is 123 Å². The lowest BCUT2D eigenvalue weighted by molar-refractivity contribution is -0.117. The first-order valence-corrected chi connectivity index (χ1v) is 6.97. The van der Waals surface area contributed by atoms with Crippen LogP contribution in [-0.2, 0) is 9.53 Å². The molecule has 1 aromatic carbocycles. The molecular formula is C15H20N2O4. The van der Waals surface area contributed by atoms with Crippen molar-refractivity contribution in [3.63, 3.8) is 0 Å². The molecule has 1 amide bonds. The smallest absolute Gasteiger partial charge is 0.337 e. The fraction of sp³-hybridized carbons (Fsp3) is 0.467. The summed E-state index contributed by atoms with van der Waals surface area (Å²) < 4.78 is 4.61. The molecule has 1 fully saturated rings. The van der Waals surface area contributed by atoms with E-state index in [0.717, 1.165) is 12.8 Å². The van der Waals surface area contributed by atoms with E-state index in [4.69, 9.17) is 5.11 Å². The normalized spacial score (nSPS) is 14.0. The van der Waals surface area contributed by atoms with Crippen molar-refractivity contribution in [2.45, 2.75) is 18.9 Å². The molecule has 0 radical (unpaired) electrons. The maximum atomic E-state index is 12.0. The lowest BCUT2D eigenvalue weighted by atomic mass is 10.2. The molecule has 0 spiro atoms. The van der Waals surface area contributed by atoms with Crippen LogP contribution in [0.15, 0.2) is 24.3 Å². The first kappa shape index (κ1) is 15.5. The summed E-state index contributed by atoms with van der Waals surface area (Å²) in [4.78, 5) is 25.3. The Morgan fingerprint density at radius 3 is 2.52 bits per heavy atom. The van der Waals surface area contributed by atoms with E-state index in [2.05, 4.69) is 10.1 Å². The summed E-state index contributed by atoms with van der Waals surface area (Å²) in [6.45, 7) is 0.834. The number of benzene rings is 1. The van der Waals surface area contributed by atoms with Crippen molar-refractivity contribution >= 4 is 17.6 Å². The molecule has 6 nitrogen and oxygen atoms in total. The van der Waals surface area contributed by atoms with Gasteiger partial charge in [0.05, 0.1) is 25.8 Å². The van der Waals surface area contributed by atoms with Gasteiger partial charge >= 0.3 is 5.97 Å². The fourth-order valence-electron chi connectivity index (χ4n) is 2.15. The highest BCUT2D eigenvalue weighted by atomic mass is 16.5. The third kappa shape index (κ3) is 4.54. The van der Waals surface area contributed by atoms with Crippen LogP contribution in [0.5, 0.6) is 0 Å². The van der Waals surface area contributed by atoms with Crippen LogP contribution in [0.3, 0.4) is 0 Å². The molecule has 0 bridgehead atoms. The third-order valence-electron chi connectivity index (χ3n) is 3.39. The number of nitrogens with one attached hydrogen (secondary N) is 1. The van der Waals surface area contributed by atoms with E-state index in [-0.39, 0.29) is 19.1 Å². The fourth-order valence-corrected chi connectivity index (χ4v) is 2.15. The molecule has 2 N–H and O–H groups in total. The van der Waals surface area contributed by atoms with Gasteiger partial charge in [0, 0.05) is 18.3 Å². The number of methoxy groups -OCH3 is 1. The first-order valence-electron chi connectivity index (χ1n) is 6.97. The zero-order chi connectivity index (χ0) is 15.2. The molecule has 1 saturated carbocycles. The van der Waals surface area contributed by atoms with Gasteiger partial charge in [-0.1, -0.05) is 0 Å². The summed E-state index contributed by atoms with van der Waals surface area (Å²) in [5.74, 6) is -0.531. The molecule has 0 aromatic heterocycles. The number of amides is 1. The average Bonchev–Trinajstić information content (AvgIpc) is 3.31. The van der Waals surface area contributed by atoms with Gasteiger partial charge in [0.2, 0.25) is 5.91 Å². The van der Waals surface area contributed by atoms with E-state index >= 15 is 0 Å². The summed E-state index contributed by atoms with van der Waals surface area (Å²) in [6, 6.07) is 6.96. The molecule has 0 unspecified atom stereocenters. The number of rotatable bonds is 7. The predicted molar refractivity (Wildman–Crippen MR) is 78.1 cm³/mol. The number of carbonyl (C=O) groups is 2. The number of hydrogen-bond donors (Lipinski definition) is 2. The highest BCUT2D eigenvalue weighted by Gasteiger charge is 2.29. The van der Waals surface area contributed by atoms with Crippen molar-refractivity contribution in [3.05, 3.63) is 29.8 Å². The van der Waals surface area contributed by atoms with Crippen LogP contribution >= 0.6 is 0 Å². The maximum Gasteiger partial charge on any atom is 0.337 e. The lowest BCUT2D eigenvalue weighted by Gasteiger charge is -2.20. The molecule has 2 rings (SSSR count). The van der Waals surface area contributed by atoms with Crippen molar-refractivity contribution in [1.82, 2.24) is 4.90 Å². The molecule has 0 heterocycles. The second kappa shape index (κ2) is 7.19. The van der Waals surface area contributed by atoms with E-state index in [9.17, 15) is 9.59 Å². The standard InChI is InChI=1S/C15H20N2O4/c1-21-15(20)11-2-4-12(5-3-11)16-14(19)10-17(8-9-18)13-6-7-13/h2-5,13,18H,6-10H2,1H3,(H,16,19). The average molecular weight is 292 g/mol. The number of aliphatic hydroxyl groups is 1. The van der Waals surface area contributed by atoms with Crippen LogP contribution in [0.25, 0.3) is 0 Å². The van der Waals surface area contributed by atoms with Gasteiger partial charge in [-0.15, -0.1) is 0 Å². The Bertz CT molecular complexity index is 497. The van der Waals surface area contributed by atoms with Crippen molar-refractivity contribution in [1.29, 1.82) is 0 Å². The molecule has 6 heteroatoms. The number of nitrogens with zero attached hydrogens (tertiary/aromatic N) is 1. The van der Waals surface area contributed by atoms with Gasteiger partial charge in [0.15, 0.2) is 0 Å². The lowest BCUT2D eigenvalue weighted by Crippen LogP contribution is -2.36. The number of aliphatic hydroxyl groups excluding tert-OH is 1. The van der Waals surface area contributed by atoms with Crippen LogP contribution in [-0.4, -0.2) is 54.7 Å². The predicted octanol–water partition coefficient (Wildman–Crippen LogP) is 0.868. The van der Waals surface area contributed by atoms with Gasteiger partial charge in [-0.05, 0) is 37.1 Å². The van der Waals surface area contributed by atoms with Crippen molar-refractivity contribution in [2.75, 3.05) is 32.1 Å². The molecular weight excluding hydrogens is 272 g/mol. The summed E-state index contributed by atoms with van der Waals surface area (Å²) in [6.07, 6.45) is 2.17. The van der Waals surface area contributed by atoms with E-state index in [0.29, 0.717) is 23.8 Å². The molecule has 1 aliphatic carbocycles. The second-order valence-electron chi connectivity index (χ2n) is 5.04. The van der Waals surface area contributed by atoms with Crippen LogP contribution in [0.1, 0.15) is 23.2 Å². The topological polar surface area (TPSA) is 78.9 Å². The molecule has 0 saturated heterocycles. The number of hydrogen-bond acceptors (Lipinski definition) is 5. The number of ether oxygens (including phenoxy) is 1. The van der Waals surface area contributed by atoms with Crippen molar-refractivity contribution in [3.8, 4) is 0 Å². The molecule has 0 atom stereocenters. The van der Waals surface area contributed by atoms with Gasteiger partial charge in [-0.25, -0.2) is 4.79 Å².